The van der Waals surface area contributed by atoms with Gasteiger partial charge < -0.3 is 4.74 Å². The van der Waals surface area contributed by atoms with Crippen LogP contribution in [0.5, 0.6) is 0 Å². The molecule has 0 spiro atoms. The number of likely N-dealkylation sites (tertiary alicyclic amines) is 1. The minimum Gasteiger partial charge on any atom is -0.465 e. The van der Waals surface area contributed by atoms with Gasteiger partial charge in [-0.25, -0.2) is 0 Å². The topological polar surface area (TPSA) is 29.5 Å². The summed E-state index contributed by atoms with van der Waals surface area (Å²) in [7, 11) is 0. The summed E-state index contributed by atoms with van der Waals surface area (Å²) in [6.07, 6.45) is 5.22. The van der Waals surface area contributed by atoms with Crippen LogP contribution in [0.1, 0.15) is 45.1 Å². The van der Waals surface area contributed by atoms with E-state index in [1.165, 1.54) is 19.3 Å². The summed E-state index contributed by atoms with van der Waals surface area (Å²) in [6.45, 7) is 6.16. The number of carbonyl (C=O) groups is 1. The van der Waals surface area contributed by atoms with E-state index in [0.717, 1.165) is 18.5 Å². The summed E-state index contributed by atoms with van der Waals surface area (Å²) in [6, 6.07) is 11.1. The number of hydrogen-bond donors (Lipinski definition) is 0. The average molecular weight is 289 g/mol. The fourth-order valence-corrected chi connectivity index (χ4v) is 3.16. The van der Waals surface area contributed by atoms with Gasteiger partial charge in [-0.15, -0.1) is 0 Å². The molecule has 2 unspecified atom stereocenters. The number of esters is 1. The summed E-state index contributed by atoms with van der Waals surface area (Å²) < 4.78 is 5.34. The second-order valence-electron chi connectivity index (χ2n) is 6.10. The van der Waals surface area contributed by atoms with E-state index >= 15 is 0 Å². The molecular weight excluding hydrogens is 262 g/mol. The number of ether oxygens (including phenoxy) is 1. The molecule has 116 valence electrons. The molecule has 3 nitrogen and oxygen atoms in total. The maximum atomic E-state index is 11.8. The van der Waals surface area contributed by atoms with E-state index in [0.29, 0.717) is 25.1 Å². The Kier molecular flexibility index (Phi) is 6.24. The summed E-state index contributed by atoms with van der Waals surface area (Å²) in [4.78, 5) is 14.3. The molecule has 0 amide bonds. The van der Waals surface area contributed by atoms with Gasteiger partial charge in [0.15, 0.2) is 0 Å². The van der Waals surface area contributed by atoms with Crippen molar-refractivity contribution >= 4 is 5.97 Å². The number of hydrogen-bond acceptors (Lipinski definition) is 3. The number of nitrogens with zero attached hydrogens (tertiary/aromatic N) is 1. The molecule has 21 heavy (non-hydrogen) atoms. The minimum atomic E-state index is -0.124. The molecule has 0 bridgehead atoms. The lowest BCUT2D eigenvalue weighted by atomic mass is 9.97. The normalized spacial score (nSPS) is 23.0. The van der Waals surface area contributed by atoms with Crippen LogP contribution in [-0.4, -0.2) is 36.1 Å². The highest BCUT2D eigenvalue weighted by Crippen LogP contribution is 2.22. The van der Waals surface area contributed by atoms with Gasteiger partial charge in [0.1, 0.15) is 0 Å². The van der Waals surface area contributed by atoms with Crippen molar-refractivity contribution in [2.45, 2.75) is 58.0 Å². The molecule has 3 heteroatoms. The molecule has 1 fully saturated rings. The number of carbonyl (C=O) groups excluding carboxylic acids is 1. The fourth-order valence-electron chi connectivity index (χ4n) is 3.16. The van der Waals surface area contributed by atoms with E-state index in [4.69, 9.17) is 4.74 Å². The maximum absolute atomic E-state index is 11.8. The predicted octanol–water partition coefficient (Wildman–Crippen LogP) is 3.43. The molecule has 2 atom stereocenters. The standard InChI is InChI=1S/C18H27NO2/c1-15-8-6-9-16(2)19(15)12-7-13-21-18(20)14-17-10-4-3-5-11-17/h3-5,10-11,15-16H,6-9,12-14H2,1-2H3. The Bertz CT molecular complexity index is 422. The van der Waals surface area contributed by atoms with Gasteiger partial charge in [-0.05, 0) is 38.7 Å². The number of benzene rings is 1. The Hall–Kier alpha value is -1.35. The van der Waals surface area contributed by atoms with E-state index < -0.39 is 0 Å². The van der Waals surface area contributed by atoms with Crippen LogP contribution in [0, 0.1) is 0 Å². The van der Waals surface area contributed by atoms with Gasteiger partial charge in [-0.3, -0.25) is 9.69 Å². The zero-order chi connectivity index (χ0) is 15.1. The van der Waals surface area contributed by atoms with Crippen molar-refractivity contribution in [3.63, 3.8) is 0 Å². The van der Waals surface area contributed by atoms with Crippen molar-refractivity contribution in [2.24, 2.45) is 0 Å². The third-order valence-electron chi connectivity index (χ3n) is 4.39. The average Bonchev–Trinajstić information content (AvgIpc) is 2.47. The summed E-state index contributed by atoms with van der Waals surface area (Å²) in [5.41, 5.74) is 1.01. The van der Waals surface area contributed by atoms with Gasteiger partial charge in [0.2, 0.25) is 0 Å². The van der Waals surface area contributed by atoms with Crippen LogP contribution in [0.25, 0.3) is 0 Å². The van der Waals surface area contributed by atoms with E-state index in [-0.39, 0.29) is 5.97 Å². The molecular formula is C18H27NO2. The second kappa shape index (κ2) is 8.18. The largest absolute Gasteiger partial charge is 0.465 e. The lowest BCUT2D eigenvalue weighted by molar-refractivity contribution is -0.143. The molecule has 1 aromatic rings. The van der Waals surface area contributed by atoms with Crippen LogP contribution in [-0.2, 0) is 16.0 Å². The molecule has 1 aliphatic rings. The lowest BCUT2D eigenvalue weighted by Gasteiger charge is -2.38. The number of piperidine rings is 1. The van der Waals surface area contributed by atoms with Crippen molar-refractivity contribution in [1.29, 1.82) is 0 Å². The van der Waals surface area contributed by atoms with E-state index in [1.54, 1.807) is 0 Å². The molecule has 2 rings (SSSR count). The van der Waals surface area contributed by atoms with E-state index in [1.807, 2.05) is 30.3 Å². The Labute approximate surface area is 128 Å². The van der Waals surface area contributed by atoms with Gasteiger partial charge >= 0.3 is 5.97 Å². The fraction of sp³-hybridized carbons (Fsp3) is 0.611. The molecule has 1 heterocycles. The van der Waals surface area contributed by atoms with Gasteiger partial charge in [0.05, 0.1) is 13.0 Å². The van der Waals surface area contributed by atoms with Crippen LogP contribution < -0.4 is 0 Å². The van der Waals surface area contributed by atoms with Gasteiger partial charge in [0, 0.05) is 18.6 Å². The highest BCUT2D eigenvalue weighted by atomic mass is 16.5. The summed E-state index contributed by atoms with van der Waals surface area (Å²) in [5.74, 6) is -0.124. The molecule has 0 aromatic heterocycles. The monoisotopic (exact) mass is 289 g/mol. The predicted molar refractivity (Wildman–Crippen MR) is 85.2 cm³/mol. The van der Waals surface area contributed by atoms with Crippen LogP contribution in [0.3, 0.4) is 0 Å². The molecule has 0 saturated carbocycles. The Morgan fingerprint density at radius 2 is 1.86 bits per heavy atom. The van der Waals surface area contributed by atoms with Crippen molar-refractivity contribution in [3.8, 4) is 0 Å². The van der Waals surface area contributed by atoms with Crippen LogP contribution >= 0.6 is 0 Å². The first-order valence-electron chi connectivity index (χ1n) is 8.12. The lowest BCUT2D eigenvalue weighted by Crippen LogP contribution is -2.44. The first-order chi connectivity index (χ1) is 10.2. The SMILES string of the molecule is CC1CCCC(C)N1CCCOC(=O)Cc1ccccc1. The van der Waals surface area contributed by atoms with Crippen LogP contribution in [0.15, 0.2) is 30.3 Å². The smallest absolute Gasteiger partial charge is 0.310 e. The van der Waals surface area contributed by atoms with Crippen LogP contribution in [0.4, 0.5) is 0 Å². The molecule has 1 aromatic carbocycles. The number of rotatable bonds is 6. The van der Waals surface area contributed by atoms with Crippen molar-refractivity contribution in [3.05, 3.63) is 35.9 Å². The molecule has 1 aliphatic heterocycles. The zero-order valence-electron chi connectivity index (χ0n) is 13.3. The van der Waals surface area contributed by atoms with Crippen molar-refractivity contribution in [1.82, 2.24) is 4.90 Å². The van der Waals surface area contributed by atoms with Crippen LogP contribution in [0.2, 0.25) is 0 Å². The van der Waals surface area contributed by atoms with Gasteiger partial charge in [-0.2, -0.15) is 0 Å². The molecule has 0 aliphatic carbocycles. The third kappa shape index (κ3) is 5.16. The van der Waals surface area contributed by atoms with E-state index in [2.05, 4.69) is 18.7 Å². The summed E-state index contributed by atoms with van der Waals surface area (Å²) >= 11 is 0. The van der Waals surface area contributed by atoms with Crippen molar-refractivity contribution in [2.75, 3.05) is 13.2 Å². The first kappa shape index (κ1) is 16.0. The molecule has 0 radical (unpaired) electrons. The van der Waals surface area contributed by atoms with Crippen molar-refractivity contribution < 1.29 is 9.53 Å². The Morgan fingerprint density at radius 3 is 2.52 bits per heavy atom. The second-order valence-corrected chi connectivity index (χ2v) is 6.10. The van der Waals surface area contributed by atoms with E-state index in [9.17, 15) is 4.79 Å². The minimum absolute atomic E-state index is 0.124. The Morgan fingerprint density at radius 1 is 1.19 bits per heavy atom. The maximum Gasteiger partial charge on any atom is 0.310 e. The van der Waals surface area contributed by atoms with Gasteiger partial charge in [-0.1, -0.05) is 36.8 Å². The summed E-state index contributed by atoms with van der Waals surface area (Å²) in [5, 5.41) is 0. The molecule has 1 saturated heterocycles. The highest BCUT2D eigenvalue weighted by molar-refractivity contribution is 5.72. The first-order valence-corrected chi connectivity index (χ1v) is 8.12. The quantitative estimate of drug-likeness (QED) is 0.593. The highest BCUT2D eigenvalue weighted by Gasteiger charge is 2.23. The Balaban J connectivity index is 1.64. The van der Waals surface area contributed by atoms with Gasteiger partial charge in [0.25, 0.3) is 0 Å². The third-order valence-corrected chi connectivity index (χ3v) is 4.39. The zero-order valence-corrected chi connectivity index (χ0v) is 13.3. The molecule has 0 N–H and O–H groups in total.